The van der Waals surface area contributed by atoms with Crippen molar-refractivity contribution in [2.45, 2.75) is 18.9 Å². The number of hydrogen-bond donors (Lipinski definition) is 2. The summed E-state index contributed by atoms with van der Waals surface area (Å²) < 4.78 is 0. The number of pyridine rings is 1. The molecule has 2 N–H and O–H groups in total. The number of rotatable bonds is 3. The zero-order chi connectivity index (χ0) is 10.1. The van der Waals surface area contributed by atoms with E-state index in [1.165, 1.54) is 12.3 Å². The lowest BCUT2D eigenvalue weighted by molar-refractivity contribution is 0.296. The summed E-state index contributed by atoms with van der Waals surface area (Å²) in [6.45, 7) is 0. The minimum atomic E-state index is -0.214. The van der Waals surface area contributed by atoms with Crippen LogP contribution < -0.4 is 10.5 Å². The zero-order valence-electron chi connectivity index (χ0n) is 7.27. The van der Waals surface area contributed by atoms with E-state index in [1.807, 2.05) is 0 Å². The highest BCUT2D eigenvalue weighted by Crippen LogP contribution is 2.31. The third-order valence-corrected chi connectivity index (χ3v) is 2.20. The number of hydrogen-bond acceptors (Lipinski definition) is 5. The number of nitrogens with one attached hydrogen (secondary N) is 1. The fourth-order valence-corrected chi connectivity index (χ4v) is 1.30. The lowest BCUT2D eigenvalue weighted by Gasteiger charge is -2.24. The molecule has 1 aromatic rings. The fourth-order valence-electron chi connectivity index (χ4n) is 1.14. The van der Waals surface area contributed by atoms with E-state index in [0.29, 0.717) is 16.9 Å². The van der Waals surface area contributed by atoms with Gasteiger partial charge in [0, 0.05) is 12.1 Å². The van der Waals surface area contributed by atoms with Gasteiger partial charge in [0.05, 0.1) is 17.6 Å². The SMILES string of the molecule is [O-]N(O)c1cnc(Cl)cc1NC1CC1. The van der Waals surface area contributed by atoms with Crippen LogP contribution in [0, 0.1) is 5.21 Å². The molecule has 0 aromatic carbocycles. The highest BCUT2D eigenvalue weighted by Gasteiger charge is 2.22. The molecule has 6 heteroatoms. The van der Waals surface area contributed by atoms with Crippen LogP contribution in [0.4, 0.5) is 11.4 Å². The number of nitrogens with zero attached hydrogens (tertiary/aromatic N) is 2. The second-order valence-electron chi connectivity index (χ2n) is 3.22. The monoisotopic (exact) mass is 214 g/mol. The van der Waals surface area contributed by atoms with Crippen molar-refractivity contribution in [1.29, 1.82) is 0 Å². The Morgan fingerprint density at radius 1 is 1.64 bits per heavy atom. The first-order chi connectivity index (χ1) is 6.66. The third kappa shape index (κ3) is 2.06. The molecule has 0 radical (unpaired) electrons. The van der Waals surface area contributed by atoms with E-state index in [0.717, 1.165) is 12.8 Å². The van der Waals surface area contributed by atoms with E-state index in [4.69, 9.17) is 16.8 Å². The van der Waals surface area contributed by atoms with Crippen LogP contribution >= 0.6 is 11.6 Å². The van der Waals surface area contributed by atoms with Crippen molar-refractivity contribution in [2.24, 2.45) is 0 Å². The van der Waals surface area contributed by atoms with Gasteiger partial charge in [0.2, 0.25) is 0 Å². The largest absolute Gasteiger partial charge is 0.733 e. The molecule has 2 rings (SSSR count). The summed E-state index contributed by atoms with van der Waals surface area (Å²) in [4.78, 5) is 3.71. The highest BCUT2D eigenvalue weighted by molar-refractivity contribution is 6.29. The van der Waals surface area contributed by atoms with Gasteiger partial charge in [0.15, 0.2) is 0 Å². The van der Waals surface area contributed by atoms with Gasteiger partial charge in [-0.05, 0) is 12.8 Å². The topological polar surface area (TPSA) is 71.5 Å². The van der Waals surface area contributed by atoms with Gasteiger partial charge in [0.25, 0.3) is 0 Å². The molecule has 0 unspecified atom stereocenters. The molecule has 0 saturated heterocycles. The number of halogens is 1. The highest BCUT2D eigenvalue weighted by atomic mass is 35.5. The van der Waals surface area contributed by atoms with E-state index >= 15 is 0 Å². The molecule has 1 aliphatic carbocycles. The van der Waals surface area contributed by atoms with Gasteiger partial charge in [-0.25, -0.2) is 4.98 Å². The minimum Gasteiger partial charge on any atom is -0.733 e. The van der Waals surface area contributed by atoms with Crippen LogP contribution in [0.15, 0.2) is 12.3 Å². The van der Waals surface area contributed by atoms with Gasteiger partial charge in [0.1, 0.15) is 5.15 Å². The molecule has 0 spiro atoms. The Morgan fingerprint density at radius 2 is 2.36 bits per heavy atom. The van der Waals surface area contributed by atoms with Gasteiger partial charge in [-0.2, -0.15) is 0 Å². The van der Waals surface area contributed by atoms with E-state index in [-0.39, 0.29) is 10.9 Å². The third-order valence-electron chi connectivity index (χ3n) is 1.99. The van der Waals surface area contributed by atoms with Crippen molar-refractivity contribution >= 4 is 23.0 Å². The Morgan fingerprint density at radius 3 is 2.93 bits per heavy atom. The number of anilines is 2. The van der Waals surface area contributed by atoms with Gasteiger partial charge >= 0.3 is 0 Å². The summed E-state index contributed by atoms with van der Waals surface area (Å²) >= 11 is 5.67. The normalized spacial score (nSPS) is 15.4. The van der Waals surface area contributed by atoms with E-state index in [2.05, 4.69) is 10.3 Å². The molecule has 1 saturated carbocycles. The first-order valence-corrected chi connectivity index (χ1v) is 4.63. The molecule has 1 aliphatic rings. The van der Waals surface area contributed by atoms with Gasteiger partial charge < -0.3 is 15.8 Å². The standard InChI is InChI=1S/C8H9ClN3O2/c9-8-3-6(11-5-1-2-5)7(4-10-8)12(13)14/h3-5,13H,1-2H2,(H,10,11)/q-1. The first-order valence-electron chi connectivity index (χ1n) is 4.25. The molecule has 5 nitrogen and oxygen atoms in total. The van der Waals surface area contributed by atoms with Crippen LogP contribution in [-0.4, -0.2) is 16.2 Å². The lowest BCUT2D eigenvalue weighted by Crippen LogP contribution is -2.12. The smallest absolute Gasteiger partial charge is 0.131 e. The Balaban J connectivity index is 2.27. The van der Waals surface area contributed by atoms with Gasteiger partial charge in [-0.3, -0.25) is 5.21 Å². The minimum absolute atomic E-state index is 0.0845. The predicted octanol–water partition coefficient (Wildman–Crippen LogP) is 2.00. The zero-order valence-corrected chi connectivity index (χ0v) is 8.03. The predicted molar refractivity (Wildman–Crippen MR) is 53.5 cm³/mol. The Hall–Kier alpha value is -1.04. The second kappa shape index (κ2) is 3.61. The molecule has 1 aromatic heterocycles. The average molecular weight is 215 g/mol. The Bertz CT molecular complexity index is 341. The van der Waals surface area contributed by atoms with Crippen molar-refractivity contribution in [3.8, 4) is 0 Å². The lowest BCUT2D eigenvalue weighted by atomic mass is 10.3. The van der Waals surface area contributed by atoms with Crippen LogP contribution in [0.25, 0.3) is 0 Å². The van der Waals surface area contributed by atoms with E-state index in [1.54, 1.807) is 0 Å². The summed E-state index contributed by atoms with van der Waals surface area (Å²) in [5.74, 6) is 0. The molecule has 0 atom stereocenters. The molecule has 0 aliphatic heterocycles. The van der Waals surface area contributed by atoms with Gasteiger partial charge in [-0.1, -0.05) is 11.6 Å². The quantitative estimate of drug-likeness (QED) is 0.595. The summed E-state index contributed by atoms with van der Waals surface area (Å²) in [6.07, 6.45) is 3.38. The van der Waals surface area contributed by atoms with Crippen molar-refractivity contribution in [3.63, 3.8) is 0 Å². The summed E-state index contributed by atoms with van der Waals surface area (Å²) in [5.41, 5.74) is 0.603. The molecular formula is C8H9ClN3O2-. The molecular weight excluding hydrogens is 206 g/mol. The average Bonchev–Trinajstić information content (AvgIpc) is 2.87. The van der Waals surface area contributed by atoms with Gasteiger partial charge in [-0.15, -0.1) is 0 Å². The summed E-state index contributed by atoms with van der Waals surface area (Å²) in [6, 6.07) is 1.91. The van der Waals surface area contributed by atoms with Crippen molar-refractivity contribution in [1.82, 2.24) is 4.98 Å². The first kappa shape index (κ1) is 9.51. The maximum Gasteiger partial charge on any atom is 0.131 e. The number of aromatic nitrogens is 1. The summed E-state index contributed by atoms with van der Waals surface area (Å²) in [7, 11) is 0. The van der Waals surface area contributed by atoms with E-state index in [9.17, 15) is 5.21 Å². The van der Waals surface area contributed by atoms with E-state index < -0.39 is 0 Å². The molecule has 14 heavy (non-hydrogen) atoms. The van der Waals surface area contributed by atoms with Crippen molar-refractivity contribution < 1.29 is 5.21 Å². The molecule has 0 bridgehead atoms. The maximum absolute atomic E-state index is 10.7. The van der Waals surface area contributed by atoms with Crippen LogP contribution in [0.5, 0.6) is 0 Å². The van der Waals surface area contributed by atoms with Crippen LogP contribution in [0.1, 0.15) is 12.8 Å². The fraction of sp³-hybridized carbons (Fsp3) is 0.375. The van der Waals surface area contributed by atoms with Crippen LogP contribution in [0.3, 0.4) is 0 Å². The Labute approximate surface area is 85.8 Å². The molecule has 0 amide bonds. The van der Waals surface area contributed by atoms with Crippen LogP contribution in [0.2, 0.25) is 5.15 Å². The maximum atomic E-state index is 10.7. The second-order valence-corrected chi connectivity index (χ2v) is 3.60. The molecule has 76 valence electrons. The summed E-state index contributed by atoms with van der Waals surface area (Å²) in [5, 5.41) is 22.7. The van der Waals surface area contributed by atoms with Crippen molar-refractivity contribution in [3.05, 3.63) is 22.6 Å². The van der Waals surface area contributed by atoms with Crippen LogP contribution in [-0.2, 0) is 0 Å². The molecule has 1 heterocycles. The Kier molecular flexibility index (Phi) is 2.45. The van der Waals surface area contributed by atoms with Crippen molar-refractivity contribution in [2.75, 3.05) is 10.5 Å². The molecule has 1 fully saturated rings.